The van der Waals surface area contributed by atoms with Crippen LogP contribution >= 0.6 is 0 Å². The van der Waals surface area contributed by atoms with Gasteiger partial charge in [-0.25, -0.2) is 4.79 Å². The number of carboxylic acids is 1. The van der Waals surface area contributed by atoms with E-state index in [0.717, 1.165) is 5.56 Å². The second kappa shape index (κ2) is 8.57. The van der Waals surface area contributed by atoms with Crippen LogP contribution in [0.15, 0.2) is 48.5 Å². The number of phenolic OH excluding ortho intramolecular Hbond substituents is 1. The fourth-order valence-corrected chi connectivity index (χ4v) is 1.56. The van der Waals surface area contributed by atoms with E-state index in [-0.39, 0.29) is 11.6 Å². The monoisotopic (exact) mass is 356 g/mol. The van der Waals surface area contributed by atoms with Gasteiger partial charge < -0.3 is 20.7 Å². The lowest BCUT2D eigenvalue weighted by molar-refractivity contribution is -0.192. The summed E-state index contributed by atoms with van der Waals surface area (Å²) in [5, 5.41) is 24.0. The number of carboxylic acid groups (broad SMARTS) is 1. The van der Waals surface area contributed by atoms with Crippen molar-refractivity contribution in [2.24, 2.45) is 5.73 Å². The largest absolute Gasteiger partial charge is 0.508 e. The smallest absolute Gasteiger partial charge is 0.490 e. The third-order valence-corrected chi connectivity index (χ3v) is 2.69. The van der Waals surface area contributed by atoms with Crippen LogP contribution in [0.25, 0.3) is 0 Å². The van der Waals surface area contributed by atoms with Crippen molar-refractivity contribution in [1.82, 2.24) is 0 Å². The highest BCUT2D eigenvalue weighted by molar-refractivity contribution is 5.95. The van der Waals surface area contributed by atoms with Gasteiger partial charge in [-0.1, -0.05) is 30.3 Å². The van der Waals surface area contributed by atoms with Gasteiger partial charge in [0.2, 0.25) is 0 Å². The molecule has 2 aromatic rings. The van der Waals surface area contributed by atoms with Gasteiger partial charge in [0.15, 0.2) is 0 Å². The normalized spacial score (nSPS) is 10.4. The van der Waals surface area contributed by atoms with Crippen LogP contribution < -0.4 is 10.5 Å². The van der Waals surface area contributed by atoms with Gasteiger partial charge in [-0.2, -0.15) is 13.2 Å². The summed E-state index contributed by atoms with van der Waals surface area (Å²) in [6.45, 7) is 0.404. The molecule has 0 radical (unpaired) electrons. The topological polar surface area (TPSA) is 117 Å². The van der Waals surface area contributed by atoms with Crippen molar-refractivity contribution in [3.05, 3.63) is 59.7 Å². The minimum Gasteiger partial charge on any atom is -0.508 e. The number of nitrogens with two attached hydrogens (primary N) is 1. The van der Waals surface area contributed by atoms with E-state index in [1.807, 2.05) is 30.3 Å². The van der Waals surface area contributed by atoms with Crippen LogP contribution in [0.5, 0.6) is 11.5 Å². The average molecular weight is 356 g/mol. The molecule has 6 nitrogen and oxygen atoms in total. The van der Waals surface area contributed by atoms with Crippen molar-refractivity contribution >= 4 is 11.8 Å². The number of carbonyl (C=O) groups is 1. The first-order chi connectivity index (χ1) is 11.6. The van der Waals surface area contributed by atoms with E-state index in [2.05, 4.69) is 0 Å². The third-order valence-electron chi connectivity index (χ3n) is 2.69. The van der Waals surface area contributed by atoms with Gasteiger partial charge in [-0.3, -0.25) is 5.41 Å². The molecule has 0 aliphatic rings. The first-order valence-corrected chi connectivity index (χ1v) is 6.75. The molecule has 5 N–H and O–H groups in total. The second-order valence-corrected chi connectivity index (χ2v) is 4.71. The number of phenols is 1. The number of amidine groups is 1. The van der Waals surface area contributed by atoms with Gasteiger partial charge >= 0.3 is 12.1 Å². The Morgan fingerprint density at radius 3 is 2.20 bits per heavy atom. The molecular weight excluding hydrogens is 341 g/mol. The summed E-state index contributed by atoms with van der Waals surface area (Å²) < 4.78 is 37.3. The van der Waals surface area contributed by atoms with Crippen LogP contribution in [-0.4, -0.2) is 28.2 Å². The highest BCUT2D eigenvalue weighted by Gasteiger charge is 2.38. The Morgan fingerprint density at radius 1 is 1.16 bits per heavy atom. The molecule has 9 heteroatoms. The number of ether oxygens (including phenoxy) is 1. The number of hydrogen-bond acceptors (Lipinski definition) is 4. The molecule has 2 rings (SSSR count). The molecule has 0 fully saturated rings. The van der Waals surface area contributed by atoms with E-state index in [4.69, 9.17) is 25.8 Å². The molecule has 0 saturated heterocycles. The zero-order valence-electron chi connectivity index (χ0n) is 12.7. The molecule has 0 aromatic heterocycles. The number of nitrogen functional groups attached to an aromatic ring is 1. The zero-order valence-corrected chi connectivity index (χ0v) is 12.7. The highest BCUT2D eigenvalue weighted by atomic mass is 19.4. The van der Waals surface area contributed by atoms with Crippen molar-refractivity contribution in [1.29, 1.82) is 5.41 Å². The van der Waals surface area contributed by atoms with Crippen molar-refractivity contribution in [2.45, 2.75) is 12.8 Å². The van der Waals surface area contributed by atoms with Gasteiger partial charge in [0, 0.05) is 11.6 Å². The van der Waals surface area contributed by atoms with Crippen molar-refractivity contribution in [3.8, 4) is 11.5 Å². The molecule has 0 spiro atoms. The molecular formula is C16H15F3N2O4. The maximum atomic E-state index is 10.6. The average Bonchev–Trinajstić information content (AvgIpc) is 2.53. The minimum atomic E-state index is -5.08. The van der Waals surface area contributed by atoms with E-state index in [0.29, 0.717) is 17.9 Å². The maximum Gasteiger partial charge on any atom is 0.490 e. The molecule has 0 aliphatic heterocycles. The van der Waals surface area contributed by atoms with Crippen LogP contribution in [-0.2, 0) is 11.4 Å². The Labute approximate surface area is 140 Å². The maximum absolute atomic E-state index is 10.6. The SMILES string of the molecule is N=C(N)c1cc(O)cc(OCc2ccccc2)c1.O=C(O)C(F)(F)F. The lowest BCUT2D eigenvalue weighted by atomic mass is 10.2. The van der Waals surface area contributed by atoms with Crippen LogP contribution in [0.2, 0.25) is 0 Å². The van der Waals surface area contributed by atoms with Gasteiger partial charge in [-0.05, 0) is 17.7 Å². The Kier molecular flexibility index (Phi) is 6.80. The lowest BCUT2D eigenvalue weighted by Crippen LogP contribution is -2.21. The van der Waals surface area contributed by atoms with E-state index in [1.54, 1.807) is 6.07 Å². The summed E-state index contributed by atoms with van der Waals surface area (Å²) in [6, 6.07) is 14.3. The summed E-state index contributed by atoms with van der Waals surface area (Å²) in [5.41, 5.74) is 6.85. The zero-order chi connectivity index (χ0) is 19.0. The first-order valence-electron chi connectivity index (χ1n) is 6.75. The van der Waals surface area contributed by atoms with Crippen molar-refractivity contribution in [3.63, 3.8) is 0 Å². The van der Waals surface area contributed by atoms with Gasteiger partial charge in [0.05, 0.1) is 0 Å². The number of nitrogens with one attached hydrogen (secondary N) is 1. The second-order valence-electron chi connectivity index (χ2n) is 4.71. The summed E-state index contributed by atoms with van der Waals surface area (Å²) in [6.07, 6.45) is -5.08. The van der Waals surface area contributed by atoms with Crippen LogP contribution in [0, 0.1) is 5.41 Å². The predicted molar refractivity (Wildman–Crippen MR) is 83.6 cm³/mol. The molecule has 0 atom stereocenters. The summed E-state index contributed by atoms with van der Waals surface area (Å²) in [7, 11) is 0. The standard InChI is InChI=1S/C14H14N2O2.C2HF3O2/c15-14(16)11-6-12(17)8-13(7-11)18-9-10-4-2-1-3-5-10;3-2(4,5)1(6)7/h1-8,17H,9H2,(H3,15,16);(H,6,7). The van der Waals surface area contributed by atoms with Crippen LogP contribution in [0.3, 0.4) is 0 Å². The summed E-state index contributed by atoms with van der Waals surface area (Å²) >= 11 is 0. The number of halogens is 3. The third kappa shape index (κ3) is 7.25. The Balaban J connectivity index is 0.000000381. The van der Waals surface area contributed by atoms with Gasteiger partial charge in [0.25, 0.3) is 0 Å². The van der Waals surface area contributed by atoms with Crippen molar-refractivity contribution < 1.29 is 32.9 Å². The number of hydrogen-bond donors (Lipinski definition) is 4. The Hall–Kier alpha value is -3.23. The predicted octanol–water partition coefficient (Wildman–Crippen LogP) is 2.89. The quantitative estimate of drug-likeness (QED) is 0.496. The number of rotatable bonds is 4. The van der Waals surface area contributed by atoms with E-state index >= 15 is 0 Å². The Morgan fingerprint density at radius 2 is 1.72 bits per heavy atom. The number of benzene rings is 2. The van der Waals surface area contributed by atoms with Gasteiger partial charge in [-0.15, -0.1) is 0 Å². The molecule has 134 valence electrons. The van der Waals surface area contributed by atoms with E-state index in [9.17, 15) is 18.3 Å². The molecule has 0 saturated carbocycles. The van der Waals surface area contributed by atoms with Crippen molar-refractivity contribution in [2.75, 3.05) is 0 Å². The lowest BCUT2D eigenvalue weighted by Gasteiger charge is -2.08. The van der Waals surface area contributed by atoms with E-state index in [1.165, 1.54) is 12.1 Å². The number of aliphatic carboxylic acids is 1. The van der Waals surface area contributed by atoms with Crippen LogP contribution in [0.4, 0.5) is 13.2 Å². The number of aromatic hydroxyl groups is 1. The minimum absolute atomic E-state index is 0.0331. The Bertz CT molecular complexity index is 734. The molecule has 25 heavy (non-hydrogen) atoms. The fraction of sp³-hybridized carbons (Fsp3) is 0.125. The van der Waals surface area contributed by atoms with Gasteiger partial charge in [0.1, 0.15) is 23.9 Å². The molecule has 0 amide bonds. The van der Waals surface area contributed by atoms with E-state index < -0.39 is 12.1 Å². The molecule has 0 heterocycles. The molecule has 0 bridgehead atoms. The highest BCUT2D eigenvalue weighted by Crippen LogP contribution is 2.22. The van der Waals surface area contributed by atoms with Crippen LogP contribution in [0.1, 0.15) is 11.1 Å². The molecule has 0 unspecified atom stereocenters. The first kappa shape index (κ1) is 19.8. The molecule has 2 aromatic carbocycles. The molecule has 0 aliphatic carbocycles. The fourth-order valence-electron chi connectivity index (χ4n) is 1.56. The summed E-state index contributed by atoms with van der Waals surface area (Å²) in [4.78, 5) is 8.90. The summed E-state index contributed by atoms with van der Waals surface area (Å²) in [5.74, 6) is -2.34. The number of alkyl halides is 3.